The fraction of sp³-hybridized carbons (Fsp3) is 0.647. The maximum Gasteiger partial charge on any atom is 0.0621 e. The predicted octanol–water partition coefficient (Wildman–Crippen LogP) is 3.58. The van der Waals surface area contributed by atoms with Crippen molar-refractivity contribution in [3.8, 4) is 0 Å². The molecule has 0 aliphatic carbocycles. The fourth-order valence-corrected chi connectivity index (χ4v) is 2.99. The van der Waals surface area contributed by atoms with Crippen LogP contribution in [0.3, 0.4) is 0 Å². The summed E-state index contributed by atoms with van der Waals surface area (Å²) in [5.41, 5.74) is 1.43. The van der Waals surface area contributed by atoms with Gasteiger partial charge in [0.15, 0.2) is 0 Å². The Bertz CT molecular complexity index is 352. The molecule has 1 aromatic carbocycles. The average molecular weight is 261 g/mol. The summed E-state index contributed by atoms with van der Waals surface area (Å²) in [5.74, 6) is 1.26. The Morgan fingerprint density at radius 1 is 1.32 bits per heavy atom. The van der Waals surface area contributed by atoms with Crippen LogP contribution in [0.2, 0.25) is 0 Å². The summed E-state index contributed by atoms with van der Waals surface area (Å²) in [6.07, 6.45) is 4.08. The number of rotatable bonds is 6. The van der Waals surface area contributed by atoms with Crippen molar-refractivity contribution in [1.29, 1.82) is 0 Å². The first-order chi connectivity index (χ1) is 9.31. The maximum atomic E-state index is 6.04. The Morgan fingerprint density at radius 3 is 2.84 bits per heavy atom. The molecule has 0 bridgehead atoms. The van der Waals surface area contributed by atoms with Gasteiger partial charge < -0.3 is 10.1 Å². The Kier molecular flexibility index (Phi) is 5.87. The van der Waals surface area contributed by atoms with E-state index in [2.05, 4.69) is 49.5 Å². The molecule has 0 spiro atoms. The summed E-state index contributed by atoms with van der Waals surface area (Å²) in [6.45, 7) is 7.58. The van der Waals surface area contributed by atoms with E-state index in [1.165, 1.54) is 18.4 Å². The Labute approximate surface area is 117 Å². The third-order valence-corrected chi connectivity index (χ3v) is 4.19. The van der Waals surface area contributed by atoms with Gasteiger partial charge in [-0.1, -0.05) is 44.2 Å². The molecule has 1 aliphatic heterocycles. The second-order valence-corrected chi connectivity index (χ2v) is 5.67. The van der Waals surface area contributed by atoms with Gasteiger partial charge >= 0.3 is 0 Å². The van der Waals surface area contributed by atoms with Gasteiger partial charge in [0.05, 0.1) is 6.10 Å². The van der Waals surface area contributed by atoms with Crippen molar-refractivity contribution >= 4 is 0 Å². The van der Waals surface area contributed by atoms with Crippen molar-refractivity contribution in [2.24, 2.45) is 5.92 Å². The summed E-state index contributed by atoms with van der Waals surface area (Å²) < 4.78 is 6.04. The van der Waals surface area contributed by atoms with Crippen molar-refractivity contribution in [1.82, 2.24) is 5.32 Å². The van der Waals surface area contributed by atoms with Gasteiger partial charge in [0.1, 0.15) is 0 Å². The van der Waals surface area contributed by atoms with Gasteiger partial charge in [0.25, 0.3) is 0 Å². The zero-order valence-electron chi connectivity index (χ0n) is 12.3. The smallest absolute Gasteiger partial charge is 0.0621 e. The third kappa shape index (κ3) is 4.32. The SMILES string of the molecule is CCNCC1CCCOC1CC(C)c1ccccc1. The van der Waals surface area contributed by atoms with Crippen LogP contribution in [0.15, 0.2) is 30.3 Å². The van der Waals surface area contributed by atoms with Gasteiger partial charge in [-0.05, 0) is 43.2 Å². The number of hydrogen-bond donors (Lipinski definition) is 1. The van der Waals surface area contributed by atoms with Crippen molar-refractivity contribution in [3.63, 3.8) is 0 Å². The highest BCUT2D eigenvalue weighted by Crippen LogP contribution is 2.29. The van der Waals surface area contributed by atoms with Gasteiger partial charge in [-0.3, -0.25) is 0 Å². The van der Waals surface area contributed by atoms with E-state index in [1.54, 1.807) is 0 Å². The van der Waals surface area contributed by atoms with Crippen LogP contribution in [0.5, 0.6) is 0 Å². The molecule has 2 nitrogen and oxygen atoms in total. The van der Waals surface area contributed by atoms with Gasteiger partial charge in [-0.2, -0.15) is 0 Å². The van der Waals surface area contributed by atoms with Gasteiger partial charge in [0.2, 0.25) is 0 Å². The minimum atomic E-state index is 0.419. The number of hydrogen-bond acceptors (Lipinski definition) is 2. The molecule has 0 amide bonds. The van der Waals surface area contributed by atoms with Crippen molar-refractivity contribution in [3.05, 3.63) is 35.9 Å². The molecule has 1 fully saturated rings. The molecular formula is C17H27NO. The maximum absolute atomic E-state index is 6.04. The molecule has 0 aromatic heterocycles. The Hall–Kier alpha value is -0.860. The lowest BCUT2D eigenvalue weighted by molar-refractivity contribution is -0.0329. The van der Waals surface area contributed by atoms with E-state index < -0.39 is 0 Å². The second-order valence-electron chi connectivity index (χ2n) is 5.67. The van der Waals surface area contributed by atoms with E-state index in [-0.39, 0.29) is 0 Å². The standard InChI is InChI=1S/C17H27NO/c1-3-18-13-16-10-7-11-19-17(16)12-14(2)15-8-5-4-6-9-15/h4-6,8-9,14,16-18H,3,7,10-13H2,1-2H3. The third-order valence-electron chi connectivity index (χ3n) is 4.19. The van der Waals surface area contributed by atoms with Crippen LogP contribution in [0.4, 0.5) is 0 Å². The van der Waals surface area contributed by atoms with Crippen LogP contribution >= 0.6 is 0 Å². The van der Waals surface area contributed by atoms with E-state index >= 15 is 0 Å². The number of nitrogens with one attached hydrogen (secondary N) is 1. The molecule has 3 atom stereocenters. The Balaban J connectivity index is 1.91. The lowest BCUT2D eigenvalue weighted by Crippen LogP contribution is -2.37. The molecule has 2 rings (SSSR count). The molecule has 1 saturated heterocycles. The van der Waals surface area contributed by atoms with Crippen LogP contribution in [0.25, 0.3) is 0 Å². The molecule has 1 aromatic rings. The topological polar surface area (TPSA) is 21.3 Å². The van der Waals surface area contributed by atoms with Gasteiger partial charge in [-0.15, -0.1) is 0 Å². The van der Waals surface area contributed by atoms with Gasteiger partial charge in [-0.25, -0.2) is 0 Å². The van der Waals surface area contributed by atoms with Crippen LogP contribution in [-0.4, -0.2) is 25.8 Å². The minimum Gasteiger partial charge on any atom is -0.378 e. The minimum absolute atomic E-state index is 0.419. The highest BCUT2D eigenvalue weighted by molar-refractivity contribution is 5.18. The summed E-state index contributed by atoms with van der Waals surface area (Å²) in [5, 5.41) is 3.48. The summed E-state index contributed by atoms with van der Waals surface area (Å²) in [4.78, 5) is 0. The first kappa shape index (κ1) is 14.5. The molecule has 3 unspecified atom stereocenters. The lowest BCUT2D eigenvalue weighted by Gasteiger charge is -2.33. The summed E-state index contributed by atoms with van der Waals surface area (Å²) in [7, 11) is 0. The molecule has 1 heterocycles. The molecule has 106 valence electrons. The van der Waals surface area contributed by atoms with E-state index in [1.807, 2.05) is 0 Å². The normalized spacial score (nSPS) is 25.2. The van der Waals surface area contributed by atoms with E-state index in [9.17, 15) is 0 Å². The summed E-state index contributed by atoms with van der Waals surface area (Å²) in [6, 6.07) is 10.8. The number of ether oxygens (including phenoxy) is 1. The predicted molar refractivity (Wildman–Crippen MR) is 80.5 cm³/mol. The highest BCUT2D eigenvalue weighted by Gasteiger charge is 2.27. The molecule has 0 saturated carbocycles. The molecule has 19 heavy (non-hydrogen) atoms. The van der Waals surface area contributed by atoms with Crippen molar-refractivity contribution in [2.45, 2.75) is 45.1 Å². The summed E-state index contributed by atoms with van der Waals surface area (Å²) >= 11 is 0. The zero-order valence-corrected chi connectivity index (χ0v) is 12.3. The van der Waals surface area contributed by atoms with Crippen LogP contribution in [-0.2, 0) is 4.74 Å². The van der Waals surface area contributed by atoms with E-state index in [0.717, 1.165) is 26.1 Å². The quantitative estimate of drug-likeness (QED) is 0.845. The fourth-order valence-electron chi connectivity index (χ4n) is 2.99. The first-order valence-corrected chi connectivity index (χ1v) is 7.68. The van der Waals surface area contributed by atoms with E-state index in [0.29, 0.717) is 17.9 Å². The Morgan fingerprint density at radius 2 is 2.11 bits per heavy atom. The monoisotopic (exact) mass is 261 g/mol. The van der Waals surface area contributed by atoms with Crippen LogP contribution < -0.4 is 5.32 Å². The van der Waals surface area contributed by atoms with Crippen LogP contribution in [0, 0.1) is 5.92 Å². The van der Waals surface area contributed by atoms with Crippen molar-refractivity contribution in [2.75, 3.05) is 19.7 Å². The molecule has 1 N–H and O–H groups in total. The molecule has 2 heteroatoms. The molecule has 0 radical (unpaired) electrons. The number of benzene rings is 1. The van der Waals surface area contributed by atoms with E-state index in [4.69, 9.17) is 4.74 Å². The molecular weight excluding hydrogens is 234 g/mol. The second kappa shape index (κ2) is 7.66. The highest BCUT2D eigenvalue weighted by atomic mass is 16.5. The molecule has 1 aliphatic rings. The van der Waals surface area contributed by atoms with Crippen LogP contribution in [0.1, 0.15) is 44.6 Å². The lowest BCUT2D eigenvalue weighted by atomic mass is 9.86. The first-order valence-electron chi connectivity index (χ1n) is 7.68. The zero-order chi connectivity index (χ0) is 13.5. The largest absolute Gasteiger partial charge is 0.378 e. The van der Waals surface area contributed by atoms with Gasteiger partial charge in [0, 0.05) is 13.2 Å². The van der Waals surface area contributed by atoms with Crippen molar-refractivity contribution < 1.29 is 4.74 Å². The average Bonchev–Trinajstić information content (AvgIpc) is 2.47.